The molecule has 5 nitrogen and oxygen atoms in total. The van der Waals surface area contributed by atoms with Gasteiger partial charge in [-0.15, -0.1) is 0 Å². The summed E-state index contributed by atoms with van der Waals surface area (Å²) in [5.74, 6) is -0.00676. The monoisotopic (exact) mass is 219 g/mol. The van der Waals surface area contributed by atoms with Gasteiger partial charge in [0.05, 0.1) is 13.2 Å². The van der Waals surface area contributed by atoms with Crippen LogP contribution in [0.5, 0.6) is 0 Å². The standard InChI is InChI=1S/C11H13N3O2/c15-5-4-12-7-10(16)9-6-14-11-8(9)2-1-3-13-11/h1-3,6,12,15H,4-5,7H2,(H,13,14). The van der Waals surface area contributed by atoms with Gasteiger partial charge in [-0.2, -0.15) is 0 Å². The van der Waals surface area contributed by atoms with Gasteiger partial charge < -0.3 is 15.4 Å². The molecule has 0 amide bonds. The SMILES string of the molecule is O=C(CNCCO)c1c[nH]c2ncccc12. The molecule has 0 atom stereocenters. The minimum Gasteiger partial charge on any atom is -0.395 e. The number of hydrogen-bond acceptors (Lipinski definition) is 4. The molecule has 0 aromatic carbocycles. The zero-order valence-electron chi connectivity index (χ0n) is 8.73. The lowest BCUT2D eigenvalue weighted by molar-refractivity contribution is 0.0991. The smallest absolute Gasteiger partial charge is 0.178 e. The number of pyridine rings is 1. The Labute approximate surface area is 92.5 Å². The van der Waals surface area contributed by atoms with E-state index in [0.29, 0.717) is 17.8 Å². The zero-order chi connectivity index (χ0) is 11.4. The van der Waals surface area contributed by atoms with E-state index in [-0.39, 0.29) is 18.9 Å². The van der Waals surface area contributed by atoms with E-state index in [0.717, 1.165) is 5.39 Å². The Morgan fingerprint density at radius 1 is 1.56 bits per heavy atom. The van der Waals surface area contributed by atoms with Crippen molar-refractivity contribution in [3.8, 4) is 0 Å². The summed E-state index contributed by atoms with van der Waals surface area (Å²) >= 11 is 0. The second-order valence-electron chi connectivity index (χ2n) is 3.43. The molecule has 3 N–H and O–H groups in total. The van der Waals surface area contributed by atoms with E-state index in [1.165, 1.54) is 0 Å². The number of rotatable bonds is 5. The largest absolute Gasteiger partial charge is 0.395 e. The van der Waals surface area contributed by atoms with Crippen LogP contribution in [0.25, 0.3) is 11.0 Å². The highest BCUT2D eigenvalue weighted by Crippen LogP contribution is 2.15. The first-order chi connectivity index (χ1) is 7.83. The van der Waals surface area contributed by atoms with Crippen molar-refractivity contribution in [2.75, 3.05) is 19.7 Å². The van der Waals surface area contributed by atoms with Crippen LogP contribution >= 0.6 is 0 Å². The van der Waals surface area contributed by atoms with E-state index >= 15 is 0 Å². The highest BCUT2D eigenvalue weighted by molar-refractivity contribution is 6.08. The molecule has 0 saturated heterocycles. The lowest BCUT2D eigenvalue weighted by Gasteiger charge is -2.00. The lowest BCUT2D eigenvalue weighted by atomic mass is 10.1. The van der Waals surface area contributed by atoms with Crippen molar-refractivity contribution in [1.29, 1.82) is 0 Å². The number of aliphatic hydroxyl groups is 1. The maximum atomic E-state index is 11.8. The molecular weight excluding hydrogens is 206 g/mol. The molecule has 16 heavy (non-hydrogen) atoms. The molecule has 0 bridgehead atoms. The maximum Gasteiger partial charge on any atom is 0.178 e. The van der Waals surface area contributed by atoms with Gasteiger partial charge in [-0.05, 0) is 12.1 Å². The summed E-state index contributed by atoms with van der Waals surface area (Å²) in [5, 5.41) is 12.3. The molecule has 0 unspecified atom stereocenters. The van der Waals surface area contributed by atoms with E-state index < -0.39 is 0 Å². The molecule has 0 aliphatic carbocycles. The first kappa shape index (κ1) is 10.8. The third-order valence-corrected chi connectivity index (χ3v) is 2.33. The summed E-state index contributed by atoms with van der Waals surface area (Å²) < 4.78 is 0. The number of aliphatic hydroxyl groups excluding tert-OH is 1. The molecule has 0 aliphatic heterocycles. The third-order valence-electron chi connectivity index (χ3n) is 2.33. The number of aromatic amines is 1. The lowest BCUT2D eigenvalue weighted by Crippen LogP contribution is -2.25. The second-order valence-corrected chi connectivity index (χ2v) is 3.43. The number of nitrogens with one attached hydrogen (secondary N) is 2. The van der Waals surface area contributed by atoms with Crippen molar-refractivity contribution < 1.29 is 9.90 Å². The van der Waals surface area contributed by atoms with Crippen LogP contribution < -0.4 is 5.32 Å². The molecule has 0 aliphatic rings. The van der Waals surface area contributed by atoms with Gasteiger partial charge in [0.2, 0.25) is 0 Å². The van der Waals surface area contributed by atoms with Crippen LogP contribution in [-0.2, 0) is 0 Å². The van der Waals surface area contributed by atoms with Crippen molar-refractivity contribution in [2.45, 2.75) is 0 Å². The molecule has 2 aromatic rings. The van der Waals surface area contributed by atoms with Gasteiger partial charge in [0, 0.05) is 29.9 Å². The molecule has 84 valence electrons. The Morgan fingerprint density at radius 2 is 2.44 bits per heavy atom. The average Bonchev–Trinajstić information content (AvgIpc) is 2.73. The first-order valence-corrected chi connectivity index (χ1v) is 5.10. The third kappa shape index (κ3) is 2.10. The molecule has 2 heterocycles. The number of fused-ring (bicyclic) bond motifs is 1. The molecule has 0 spiro atoms. The number of carbonyl (C=O) groups excluding carboxylic acids is 1. The van der Waals surface area contributed by atoms with Crippen molar-refractivity contribution in [2.24, 2.45) is 0 Å². The second kappa shape index (κ2) is 4.87. The molecular formula is C11H13N3O2. The van der Waals surface area contributed by atoms with Gasteiger partial charge in [0.25, 0.3) is 0 Å². The van der Waals surface area contributed by atoms with Crippen LogP contribution in [0.15, 0.2) is 24.5 Å². The molecule has 0 radical (unpaired) electrons. The Hall–Kier alpha value is -1.72. The number of H-pyrrole nitrogens is 1. The molecule has 2 aromatic heterocycles. The summed E-state index contributed by atoms with van der Waals surface area (Å²) in [6.45, 7) is 0.678. The molecule has 2 rings (SSSR count). The first-order valence-electron chi connectivity index (χ1n) is 5.10. The van der Waals surface area contributed by atoms with E-state index in [9.17, 15) is 4.79 Å². The van der Waals surface area contributed by atoms with Gasteiger partial charge in [0.15, 0.2) is 5.78 Å². The van der Waals surface area contributed by atoms with Gasteiger partial charge in [-0.3, -0.25) is 4.79 Å². The van der Waals surface area contributed by atoms with Gasteiger partial charge in [-0.25, -0.2) is 4.98 Å². The zero-order valence-corrected chi connectivity index (χ0v) is 8.73. The Bertz CT molecular complexity index is 493. The van der Waals surface area contributed by atoms with Crippen LogP contribution in [0.2, 0.25) is 0 Å². The fourth-order valence-corrected chi connectivity index (χ4v) is 1.56. The maximum absolute atomic E-state index is 11.8. The number of Topliss-reactive ketones (excluding diaryl/α,β-unsaturated/α-hetero) is 1. The number of aromatic nitrogens is 2. The van der Waals surface area contributed by atoms with E-state index in [2.05, 4.69) is 15.3 Å². The Kier molecular flexibility index (Phi) is 3.28. The summed E-state index contributed by atoms with van der Waals surface area (Å²) in [7, 11) is 0. The average molecular weight is 219 g/mol. The van der Waals surface area contributed by atoms with Crippen LogP contribution in [0.4, 0.5) is 0 Å². The quantitative estimate of drug-likeness (QED) is 0.500. The molecule has 0 saturated carbocycles. The minimum absolute atomic E-state index is 0.00676. The van der Waals surface area contributed by atoms with E-state index in [1.54, 1.807) is 18.5 Å². The van der Waals surface area contributed by atoms with E-state index in [4.69, 9.17) is 5.11 Å². The van der Waals surface area contributed by atoms with Crippen molar-refractivity contribution in [3.05, 3.63) is 30.1 Å². The fraction of sp³-hybridized carbons (Fsp3) is 0.273. The fourth-order valence-electron chi connectivity index (χ4n) is 1.56. The van der Waals surface area contributed by atoms with Crippen LogP contribution in [0, 0.1) is 0 Å². The van der Waals surface area contributed by atoms with Crippen LogP contribution in [-0.4, -0.2) is 40.6 Å². The van der Waals surface area contributed by atoms with Gasteiger partial charge in [-0.1, -0.05) is 0 Å². The predicted molar refractivity (Wildman–Crippen MR) is 60.4 cm³/mol. The van der Waals surface area contributed by atoms with Crippen LogP contribution in [0.3, 0.4) is 0 Å². The van der Waals surface area contributed by atoms with Crippen molar-refractivity contribution in [3.63, 3.8) is 0 Å². The Balaban J connectivity index is 2.17. The summed E-state index contributed by atoms with van der Waals surface area (Å²) in [4.78, 5) is 18.9. The predicted octanol–water partition coefficient (Wildman–Crippen LogP) is 0.327. The number of hydrogen-bond donors (Lipinski definition) is 3. The van der Waals surface area contributed by atoms with Gasteiger partial charge in [0.1, 0.15) is 5.65 Å². The van der Waals surface area contributed by atoms with Gasteiger partial charge >= 0.3 is 0 Å². The number of ketones is 1. The highest BCUT2D eigenvalue weighted by atomic mass is 16.3. The summed E-state index contributed by atoms with van der Waals surface area (Å²) in [6.07, 6.45) is 3.34. The van der Waals surface area contributed by atoms with Crippen molar-refractivity contribution in [1.82, 2.24) is 15.3 Å². The number of carbonyl (C=O) groups is 1. The van der Waals surface area contributed by atoms with E-state index in [1.807, 2.05) is 6.07 Å². The molecule has 5 heteroatoms. The normalized spacial score (nSPS) is 10.8. The Morgan fingerprint density at radius 3 is 3.25 bits per heavy atom. The molecule has 0 fully saturated rings. The minimum atomic E-state index is -0.00676. The van der Waals surface area contributed by atoms with Crippen molar-refractivity contribution >= 4 is 16.8 Å². The topological polar surface area (TPSA) is 78.0 Å². The highest BCUT2D eigenvalue weighted by Gasteiger charge is 2.11. The van der Waals surface area contributed by atoms with Crippen LogP contribution in [0.1, 0.15) is 10.4 Å². The number of nitrogens with zero attached hydrogens (tertiary/aromatic N) is 1. The summed E-state index contributed by atoms with van der Waals surface area (Å²) in [5.41, 5.74) is 1.35. The summed E-state index contributed by atoms with van der Waals surface area (Å²) in [6, 6.07) is 3.66.